The fourth-order valence-electron chi connectivity index (χ4n) is 2.81. The predicted molar refractivity (Wildman–Crippen MR) is 116 cm³/mol. The van der Waals surface area contributed by atoms with Crippen molar-refractivity contribution in [2.45, 2.75) is 6.54 Å². The van der Waals surface area contributed by atoms with Crippen molar-refractivity contribution in [1.29, 1.82) is 10.8 Å². The molecule has 3 aromatic rings. The first-order chi connectivity index (χ1) is 15.5. The van der Waals surface area contributed by atoms with Crippen molar-refractivity contribution in [1.82, 2.24) is 15.3 Å². The van der Waals surface area contributed by atoms with Crippen LogP contribution in [0.4, 0.5) is 5.95 Å². The van der Waals surface area contributed by atoms with Crippen LogP contribution in [0.3, 0.4) is 0 Å². The van der Waals surface area contributed by atoms with Crippen molar-refractivity contribution in [3.8, 4) is 23.1 Å². The van der Waals surface area contributed by atoms with E-state index < -0.39 is 12.6 Å². The average molecular weight is 429 g/mol. The lowest BCUT2D eigenvalue weighted by Crippen LogP contribution is -2.10. The molecule has 1 heterocycles. The highest BCUT2D eigenvalue weighted by atomic mass is 16.5. The topological polar surface area (TPSA) is 170 Å². The number of aromatic nitrogens is 2. The lowest BCUT2D eigenvalue weighted by Gasteiger charge is -2.08. The van der Waals surface area contributed by atoms with Crippen LogP contribution in [0, 0.1) is 16.9 Å². The Morgan fingerprint density at radius 1 is 1.25 bits per heavy atom. The van der Waals surface area contributed by atoms with Gasteiger partial charge in [-0.2, -0.15) is 10.4 Å². The average Bonchev–Trinajstić information content (AvgIpc) is 2.80. The van der Waals surface area contributed by atoms with Gasteiger partial charge in [0, 0.05) is 18.3 Å². The van der Waals surface area contributed by atoms with Crippen LogP contribution in [-0.4, -0.2) is 27.7 Å². The van der Waals surface area contributed by atoms with Crippen LogP contribution in [0.25, 0.3) is 17.0 Å². The Kier molecular flexibility index (Phi) is 7.06. The molecule has 10 heteroatoms. The number of hydrogen-bond donors (Lipinski definition) is 4. The summed E-state index contributed by atoms with van der Waals surface area (Å²) in [5.41, 5.74) is 16.5. The molecule has 0 aliphatic rings. The molecule has 0 saturated heterocycles. The summed E-state index contributed by atoms with van der Waals surface area (Å²) < 4.78 is 5.17. The molecule has 3 rings (SSSR count). The van der Waals surface area contributed by atoms with Gasteiger partial charge in [0.15, 0.2) is 6.61 Å². The number of nitrogens with two attached hydrogens (primary N) is 1. The molecule has 0 unspecified atom stereocenters. The Labute approximate surface area is 183 Å². The number of carboxylic acids is 1. The van der Waals surface area contributed by atoms with E-state index >= 15 is 0 Å². The number of benzene rings is 2. The molecular weight excluding hydrogens is 410 g/mol. The van der Waals surface area contributed by atoms with E-state index in [1.54, 1.807) is 48.5 Å². The largest absolute Gasteiger partial charge is 0.482 e. The van der Waals surface area contributed by atoms with Crippen LogP contribution < -0.4 is 15.8 Å². The van der Waals surface area contributed by atoms with Crippen LogP contribution in [0.5, 0.6) is 5.75 Å². The lowest BCUT2D eigenvalue weighted by atomic mass is 10.1. The summed E-state index contributed by atoms with van der Waals surface area (Å²) in [6.07, 6.45) is 1.52. The summed E-state index contributed by atoms with van der Waals surface area (Å²) in [5, 5.41) is 24.4. The maximum atomic E-state index is 10.6. The van der Waals surface area contributed by atoms with E-state index in [9.17, 15) is 4.79 Å². The molecule has 0 atom stereocenters. The van der Waals surface area contributed by atoms with Crippen LogP contribution >= 0.6 is 0 Å². The van der Waals surface area contributed by atoms with Crippen molar-refractivity contribution in [2.75, 3.05) is 12.3 Å². The molecule has 0 bridgehead atoms. The Morgan fingerprint density at radius 3 is 2.81 bits per heavy atom. The number of nitrogens with zero attached hydrogens (tertiary/aromatic N) is 4. The Bertz CT molecular complexity index is 1220. The summed E-state index contributed by atoms with van der Waals surface area (Å²) in [4.78, 5) is 19.0. The van der Waals surface area contributed by atoms with E-state index in [-0.39, 0.29) is 11.6 Å². The lowest BCUT2D eigenvalue weighted by molar-refractivity contribution is -0.139. The molecule has 10 nitrogen and oxygen atoms in total. The summed E-state index contributed by atoms with van der Waals surface area (Å²) in [6, 6.07) is 17.6. The van der Waals surface area contributed by atoms with Gasteiger partial charge in [-0.3, -0.25) is 0 Å². The Balaban J connectivity index is 1.77. The second kappa shape index (κ2) is 10.3. The highest BCUT2D eigenvalue weighted by Crippen LogP contribution is 2.23. The fourth-order valence-corrected chi connectivity index (χ4v) is 2.81. The van der Waals surface area contributed by atoms with E-state index in [1.165, 1.54) is 6.20 Å². The number of carbonyl (C=O) groups is 1. The summed E-state index contributed by atoms with van der Waals surface area (Å²) >= 11 is 0. The molecule has 0 aliphatic heterocycles. The maximum Gasteiger partial charge on any atom is 0.341 e. The van der Waals surface area contributed by atoms with Crippen molar-refractivity contribution in [3.05, 3.63) is 77.6 Å². The molecule has 5 N–H and O–H groups in total. The van der Waals surface area contributed by atoms with Gasteiger partial charge in [-0.15, -0.1) is 0 Å². The van der Waals surface area contributed by atoms with Gasteiger partial charge in [-0.05, 0) is 35.9 Å². The summed E-state index contributed by atoms with van der Waals surface area (Å²) in [6.45, 7) is -0.0473. The molecule has 32 heavy (non-hydrogen) atoms. The van der Waals surface area contributed by atoms with Gasteiger partial charge >= 0.3 is 5.97 Å². The van der Waals surface area contributed by atoms with Crippen LogP contribution in [0.15, 0.2) is 65.9 Å². The van der Waals surface area contributed by atoms with Gasteiger partial charge in [0.1, 0.15) is 11.4 Å². The van der Waals surface area contributed by atoms with E-state index in [0.717, 1.165) is 5.56 Å². The molecule has 0 saturated carbocycles. The molecule has 0 radical (unpaired) electrons. The first kappa shape index (κ1) is 21.9. The minimum atomic E-state index is -1.05. The number of rotatable bonds is 9. The second-order valence-electron chi connectivity index (χ2n) is 6.54. The first-order valence-electron chi connectivity index (χ1n) is 9.38. The number of carboxylic acid groups (broad SMARTS) is 1. The third-order valence-corrected chi connectivity index (χ3v) is 4.22. The number of ether oxygens (including phenoxy) is 1. The molecule has 0 fully saturated rings. The van der Waals surface area contributed by atoms with Crippen molar-refractivity contribution in [3.63, 3.8) is 0 Å². The number of nitriles is 1. The normalized spacial score (nSPS) is 10.8. The molecule has 1 aromatic heterocycles. The highest BCUT2D eigenvalue weighted by molar-refractivity contribution is 5.69. The summed E-state index contributed by atoms with van der Waals surface area (Å²) in [7, 11) is 0. The monoisotopic (exact) mass is 429 g/mol. The van der Waals surface area contributed by atoms with E-state index in [4.69, 9.17) is 26.4 Å². The number of anilines is 1. The minimum absolute atomic E-state index is 0.0118. The third-order valence-electron chi connectivity index (χ3n) is 4.22. The SMILES string of the molecule is N#Cc1cccc(-c2cc(/C(=C/NCc3cccc(OCC(=O)O)c3)N=N)nc(N)n2)c1. The van der Waals surface area contributed by atoms with Gasteiger partial charge in [-0.25, -0.2) is 20.3 Å². The highest BCUT2D eigenvalue weighted by Gasteiger charge is 2.10. The number of aliphatic carboxylic acids is 1. The molecule has 2 aromatic carbocycles. The number of nitrogens with one attached hydrogen (secondary N) is 2. The molecule has 0 aliphatic carbocycles. The zero-order valence-corrected chi connectivity index (χ0v) is 16.8. The summed E-state index contributed by atoms with van der Waals surface area (Å²) in [5.74, 6) is -0.604. The van der Waals surface area contributed by atoms with Crippen molar-refractivity contribution < 1.29 is 14.6 Å². The maximum absolute atomic E-state index is 10.6. The first-order valence-corrected chi connectivity index (χ1v) is 9.38. The van der Waals surface area contributed by atoms with Gasteiger partial charge in [0.05, 0.1) is 23.0 Å². The Hall–Kier alpha value is -4.78. The second-order valence-corrected chi connectivity index (χ2v) is 6.54. The predicted octanol–water partition coefficient (Wildman–Crippen LogP) is 3.18. The molecule has 160 valence electrons. The Morgan fingerprint density at radius 2 is 2.06 bits per heavy atom. The van der Waals surface area contributed by atoms with E-state index in [0.29, 0.717) is 34.8 Å². The quantitative estimate of drug-likeness (QED) is 0.376. The van der Waals surface area contributed by atoms with Gasteiger partial charge in [0.25, 0.3) is 0 Å². The van der Waals surface area contributed by atoms with Crippen LogP contribution in [0.1, 0.15) is 16.8 Å². The smallest absolute Gasteiger partial charge is 0.341 e. The standard InChI is InChI=1S/C22H19N7O3/c23-10-14-3-1-5-16(7-14)18-9-19(28-22(24)27-18)20(29-25)12-26-11-15-4-2-6-17(8-15)32-13-21(30)31/h1-9,12,25-26H,11,13H2,(H,30,31)(H2,24,27,28)/b20-12-,29-25?. The number of nitrogen functional groups attached to an aromatic ring is 1. The fraction of sp³-hybridized carbons (Fsp3) is 0.0909. The van der Waals surface area contributed by atoms with Crippen LogP contribution in [-0.2, 0) is 11.3 Å². The van der Waals surface area contributed by atoms with Crippen molar-refractivity contribution >= 4 is 17.6 Å². The third kappa shape index (κ3) is 5.87. The van der Waals surface area contributed by atoms with E-state index in [2.05, 4.69) is 26.5 Å². The van der Waals surface area contributed by atoms with Crippen molar-refractivity contribution in [2.24, 2.45) is 5.11 Å². The molecule has 0 amide bonds. The van der Waals surface area contributed by atoms with E-state index in [1.807, 2.05) is 6.07 Å². The van der Waals surface area contributed by atoms with Crippen LogP contribution in [0.2, 0.25) is 0 Å². The van der Waals surface area contributed by atoms with Gasteiger partial charge < -0.3 is 20.9 Å². The minimum Gasteiger partial charge on any atom is -0.482 e. The van der Waals surface area contributed by atoms with Gasteiger partial charge in [0.2, 0.25) is 5.95 Å². The zero-order chi connectivity index (χ0) is 22.9. The number of hydrogen-bond acceptors (Lipinski definition) is 9. The molecular formula is C22H19N7O3. The van der Waals surface area contributed by atoms with Gasteiger partial charge in [-0.1, -0.05) is 24.3 Å². The molecule has 0 spiro atoms. The zero-order valence-electron chi connectivity index (χ0n) is 16.8.